The molecule has 0 unspecified atom stereocenters. The molecule has 2 aromatic carbocycles. The van der Waals surface area contributed by atoms with Gasteiger partial charge in [0.15, 0.2) is 5.82 Å². The Morgan fingerprint density at radius 2 is 1.92 bits per heavy atom. The molecule has 0 aliphatic rings. The summed E-state index contributed by atoms with van der Waals surface area (Å²) in [6.45, 7) is 4.21. The highest BCUT2D eigenvalue weighted by Crippen LogP contribution is 2.30. The van der Waals surface area contributed by atoms with Crippen molar-refractivity contribution in [1.29, 1.82) is 0 Å². The zero-order valence-electron chi connectivity index (χ0n) is 13.3. The van der Waals surface area contributed by atoms with E-state index in [9.17, 15) is 10.1 Å². The number of benzene rings is 2. The van der Waals surface area contributed by atoms with Gasteiger partial charge in [-0.3, -0.25) is 10.1 Å². The fraction of sp³-hybridized carbons (Fsp3) is 0.176. The molecule has 0 saturated carbocycles. The van der Waals surface area contributed by atoms with Crippen molar-refractivity contribution in [2.24, 2.45) is 0 Å². The Kier molecular flexibility index (Phi) is 4.24. The van der Waals surface area contributed by atoms with Crippen molar-refractivity contribution in [2.45, 2.75) is 20.4 Å². The SMILES string of the molecule is Cc1ccc(CNc2ccc(-c3nc(C)no3)cc2[N+](=O)[O-])cc1. The largest absolute Gasteiger partial charge is 0.375 e. The van der Waals surface area contributed by atoms with Crippen LogP contribution in [0.25, 0.3) is 11.5 Å². The molecule has 0 atom stereocenters. The van der Waals surface area contributed by atoms with Gasteiger partial charge in [0.05, 0.1) is 4.92 Å². The van der Waals surface area contributed by atoms with Crippen molar-refractivity contribution in [2.75, 3.05) is 5.32 Å². The summed E-state index contributed by atoms with van der Waals surface area (Å²) in [4.78, 5) is 15.0. The average molecular weight is 324 g/mol. The van der Waals surface area contributed by atoms with Crippen LogP contribution in [-0.4, -0.2) is 15.1 Å². The van der Waals surface area contributed by atoms with Crippen LogP contribution in [0, 0.1) is 24.0 Å². The molecular weight excluding hydrogens is 308 g/mol. The molecule has 0 radical (unpaired) electrons. The van der Waals surface area contributed by atoms with Crippen LogP contribution < -0.4 is 5.32 Å². The highest BCUT2D eigenvalue weighted by Gasteiger charge is 2.17. The lowest BCUT2D eigenvalue weighted by Gasteiger charge is -2.08. The topological polar surface area (TPSA) is 94.1 Å². The summed E-state index contributed by atoms with van der Waals surface area (Å²) in [5.74, 6) is 0.745. The third kappa shape index (κ3) is 3.40. The number of hydrogen-bond acceptors (Lipinski definition) is 6. The fourth-order valence-electron chi connectivity index (χ4n) is 2.28. The molecule has 0 aliphatic carbocycles. The lowest BCUT2D eigenvalue weighted by Crippen LogP contribution is -2.03. The molecule has 1 N–H and O–H groups in total. The molecule has 7 heteroatoms. The third-order valence-corrected chi connectivity index (χ3v) is 3.57. The zero-order valence-corrected chi connectivity index (χ0v) is 13.3. The summed E-state index contributed by atoms with van der Waals surface area (Å²) in [6.07, 6.45) is 0. The second-order valence-electron chi connectivity index (χ2n) is 5.47. The van der Waals surface area contributed by atoms with E-state index in [0.29, 0.717) is 23.6 Å². The molecule has 0 amide bonds. The number of nitrogens with zero attached hydrogens (tertiary/aromatic N) is 3. The van der Waals surface area contributed by atoms with Gasteiger partial charge in [-0.1, -0.05) is 35.0 Å². The van der Waals surface area contributed by atoms with E-state index in [1.807, 2.05) is 31.2 Å². The summed E-state index contributed by atoms with van der Waals surface area (Å²) in [5, 5.41) is 18.2. The fourth-order valence-corrected chi connectivity index (χ4v) is 2.28. The second-order valence-corrected chi connectivity index (χ2v) is 5.47. The zero-order chi connectivity index (χ0) is 17.1. The highest BCUT2D eigenvalue weighted by atomic mass is 16.6. The van der Waals surface area contributed by atoms with Crippen LogP contribution in [-0.2, 0) is 6.54 Å². The first-order valence-corrected chi connectivity index (χ1v) is 7.41. The molecule has 0 saturated heterocycles. The van der Waals surface area contributed by atoms with Crippen LogP contribution in [0.1, 0.15) is 17.0 Å². The number of aromatic nitrogens is 2. The quantitative estimate of drug-likeness (QED) is 0.565. The van der Waals surface area contributed by atoms with Gasteiger partial charge in [0, 0.05) is 18.2 Å². The normalized spacial score (nSPS) is 10.6. The van der Waals surface area contributed by atoms with E-state index >= 15 is 0 Å². The molecule has 122 valence electrons. The van der Waals surface area contributed by atoms with Crippen LogP contribution in [0.15, 0.2) is 47.0 Å². The van der Waals surface area contributed by atoms with E-state index in [2.05, 4.69) is 15.5 Å². The minimum atomic E-state index is -0.426. The Morgan fingerprint density at radius 3 is 2.54 bits per heavy atom. The Balaban J connectivity index is 1.84. The van der Waals surface area contributed by atoms with Gasteiger partial charge < -0.3 is 9.84 Å². The van der Waals surface area contributed by atoms with E-state index in [-0.39, 0.29) is 11.6 Å². The van der Waals surface area contributed by atoms with Crippen molar-refractivity contribution in [3.8, 4) is 11.5 Å². The number of hydrogen-bond donors (Lipinski definition) is 1. The first-order chi connectivity index (χ1) is 11.5. The maximum Gasteiger partial charge on any atom is 0.293 e. The monoisotopic (exact) mass is 324 g/mol. The number of nitro groups is 1. The highest BCUT2D eigenvalue weighted by molar-refractivity contribution is 5.69. The molecule has 1 heterocycles. The molecule has 1 aromatic heterocycles. The second kappa shape index (κ2) is 6.49. The van der Waals surface area contributed by atoms with Crippen molar-refractivity contribution >= 4 is 11.4 Å². The Morgan fingerprint density at radius 1 is 1.17 bits per heavy atom. The maximum absolute atomic E-state index is 11.4. The van der Waals surface area contributed by atoms with Crippen molar-refractivity contribution in [1.82, 2.24) is 10.1 Å². The standard InChI is InChI=1S/C17H16N4O3/c1-11-3-5-13(6-4-11)10-18-15-8-7-14(9-16(15)21(22)23)17-19-12(2)20-24-17/h3-9,18H,10H2,1-2H3. The summed E-state index contributed by atoms with van der Waals surface area (Å²) in [6, 6.07) is 12.8. The lowest BCUT2D eigenvalue weighted by atomic mass is 10.1. The predicted molar refractivity (Wildman–Crippen MR) is 89.6 cm³/mol. The molecule has 7 nitrogen and oxygen atoms in total. The minimum absolute atomic E-state index is 0.0320. The summed E-state index contributed by atoms with van der Waals surface area (Å²) in [5.41, 5.74) is 3.15. The van der Waals surface area contributed by atoms with Gasteiger partial charge in [-0.15, -0.1) is 0 Å². The Labute approximate surface area is 138 Å². The number of anilines is 1. The summed E-state index contributed by atoms with van der Waals surface area (Å²) in [7, 11) is 0. The van der Waals surface area contributed by atoms with Crippen LogP contribution in [0.2, 0.25) is 0 Å². The van der Waals surface area contributed by atoms with Crippen molar-refractivity contribution < 1.29 is 9.45 Å². The number of rotatable bonds is 5. The lowest BCUT2D eigenvalue weighted by molar-refractivity contribution is -0.383. The van der Waals surface area contributed by atoms with Crippen LogP contribution in [0.3, 0.4) is 0 Å². The molecule has 0 aliphatic heterocycles. The van der Waals surface area contributed by atoms with Gasteiger partial charge in [0.2, 0.25) is 0 Å². The van der Waals surface area contributed by atoms with Crippen molar-refractivity contribution in [3.63, 3.8) is 0 Å². The number of aryl methyl sites for hydroxylation is 2. The van der Waals surface area contributed by atoms with Gasteiger partial charge in [-0.05, 0) is 31.5 Å². The summed E-state index contributed by atoms with van der Waals surface area (Å²) < 4.78 is 5.06. The first kappa shape index (κ1) is 15.7. The van der Waals surface area contributed by atoms with Gasteiger partial charge in [-0.2, -0.15) is 4.98 Å². The van der Waals surface area contributed by atoms with E-state index in [0.717, 1.165) is 5.56 Å². The smallest absolute Gasteiger partial charge is 0.293 e. The van der Waals surface area contributed by atoms with Gasteiger partial charge in [0.25, 0.3) is 11.6 Å². The molecule has 0 bridgehead atoms. The third-order valence-electron chi connectivity index (χ3n) is 3.57. The Bertz CT molecular complexity index is 872. The van der Waals surface area contributed by atoms with Crippen LogP contribution in [0.4, 0.5) is 11.4 Å². The molecule has 3 rings (SSSR count). The number of nitro benzene ring substituents is 1. The molecule has 3 aromatic rings. The van der Waals surface area contributed by atoms with Crippen LogP contribution >= 0.6 is 0 Å². The van der Waals surface area contributed by atoms with E-state index in [1.54, 1.807) is 19.1 Å². The van der Waals surface area contributed by atoms with E-state index < -0.39 is 4.92 Å². The van der Waals surface area contributed by atoms with Gasteiger partial charge in [0.1, 0.15) is 5.69 Å². The van der Waals surface area contributed by atoms with Gasteiger partial charge in [-0.25, -0.2) is 0 Å². The molecular formula is C17H16N4O3. The maximum atomic E-state index is 11.4. The average Bonchev–Trinajstić information content (AvgIpc) is 3.00. The van der Waals surface area contributed by atoms with Crippen molar-refractivity contribution in [3.05, 3.63) is 69.5 Å². The van der Waals surface area contributed by atoms with E-state index in [4.69, 9.17) is 4.52 Å². The molecule has 24 heavy (non-hydrogen) atoms. The summed E-state index contributed by atoms with van der Waals surface area (Å²) >= 11 is 0. The van der Waals surface area contributed by atoms with Crippen LogP contribution in [0.5, 0.6) is 0 Å². The molecule has 0 fully saturated rings. The Hall–Kier alpha value is -3.22. The van der Waals surface area contributed by atoms with E-state index in [1.165, 1.54) is 11.6 Å². The minimum Gasteiger partial charge on any atom is -0.375 e. The predicted octanol–water partition coefficient (Wildman–Crippen LogP) is 3.87. The first-order valence-electron chi connectivity index (χ1n) is 7.41. The molecule has 0 spiro atoms. The van der Waals surface area contributed by atoms with Gasteiger partial charge >= 0.3 is 0 Å². The number of nitrogens with one attached hydrogen (secondary N) is 1.